The van der Waals surface area contributed by atoms with Crippen molar-refractivity contribution in [1.82, 2.24) is 92.6 Å². The van der Waals surface area contributed by atoms with E-state index in [1.165, 1.54) is 25.3 Å². The van der Waals surface area contributed by atoms with Gasteiger partial charge >= 0.3 is 0 Å². The summed E-state index contributed by atoms with van der Waals surface area (Å²) in [6, 6.07) is 1.84. The van der Waals surface area contributed by atoms with Crippen molar-refractivity contribution in [1.29, 1.82) is 0 Å². The minimum atomic E-state index is -1.27. The van der Waals surface area contributed by atoms with Crippen molar-refractivity contribution >= 4 is 151 Å². The third-order valence-corrected chi connectivity index (χ3v) is 32.1. The second-order valence-corrected chi connectivity index (χ2v) is 61.9. The number of unbranched alkanes of at least 4 members (excludes halogenated alkanes) is 1. The SMILES string of the molecule is C.C.C.C.C=P(C)(C)CC[C@H]1O[C@@H](n2cnc3c(NC)ccnc32)[C@H](O)[C@@H]1O.C=P(C)(C)CC[C@H]1O[C@@H](n2cnc3c(NCC)ncnc32)[C@H](O)[C@@H]1O.C=P(C)(C)CC[C@H]1O[C@@H](n2cnc3c(NCCC)ncnc32)[C@H](O)[C@@H]1O.C=P(C)(C)CC[C@H]1O[C@@H](n2cnc3c(NCCCC)ncnc32)[C@H](O)[C@@H]1O.C=P(C)(C)CC[C@H]1O[C@@H](n2cnc3c(NCCCOCCOCCOCCOCCOCCCN)ncnc32)[C@H](O)[C@@H]1O. The Morgan fingerprint density at radius 1 is 0.315 bits per heavy atom. The Balaban J connectivity index is 0.000000255. The monoisotopic (exact) mass is 2190 g/mol. The third-order valence-electron chi connectivity index (χ3n) is 24.8. The molecule has 20 atom stereocenters. The number of imidazole rings is 5. The third kappa shape index (κ3) is 36.3. The minimum Gasteiger partial charge on any atom is -0.388 e. The van der Waals surface area contributed by atoms with Gasteiger partial charge in [0.15, 0.2) is 105 Å². The van der Waals surface area contributed by atoms with Crippen LogP contribution in [0, 0.1) is 0 Å². The molecule has 50 heteroatoms. The Hall–Kier alpha value is -7.52. The summed E-state index contributed by atoms with van der Waals surface area (Å²) in [5, 5.41) is 121. The zero-order valence-corrected chi connectivity index (χ0v) is 91.0. The number of anilines is 5. The maximum Gasteiger partial charge on any atom is 0.167 e. The first-order chi connectivity index (χ1) is 69.1. The summed E-state index contributed by atoms with van der Waals surface area (Å²) in [5.74, 6) is 2.55. The van der Waals surface area contributed by atoms with Crippen LogP contribution in [0.15, 0.2) is 69.2 Å². The molecule has 15 heterocycles. The van der Waals surface area contributed by atoms with Gasteiger partial charge in [0.2, 0.25) is 0 Å². The fraction of sp³-hybridized carbons (Fsp3) is 0.687. The number of rotatable bonds is 50. The van der Waals surface area contributed by atoms with Crippen LogP contribution >= 0.6 is 34.4 Å². The zero-order valence-electron chi connectivity index (χ0n) is 86.5. The van der Waals surface area contributed by atoms with E-state index in [1.807, 2.05) is 20.0 Å². The maximum atomic E-state index is 10.7. The summed E-state index contributed by atoms with van der Waals surface area (Å²) >= 11 is 0. The first-order valence-electron chi connectivity index (χ1n) is 49.8. The first kappa shape index (κ1) is 128. The van der Waals surface area contributed by atoms with Crippen LogP contribution < -0.4 is 32.3 Å². The standard InChI is InChI=1S/C28H51N6O8P.C18H30N5O3P.C17H28N5O3P.C16H26N5O3P.C16H25N4O3P.4CH4/c1-43(2,3)19-6-22-24(35)25(36)28(42-22)34-21-33-23-26(31-20-32-27(23)34)30-8-5-10-38-12-14-40-16-18-41-17-15-39-13-11-37-9-4-7-29;1-5-6-8-19-16-13-17(21-10-20-16)23(11-22-13)18-15(25)14(24)12(26-18)7-9-27(2,3)4;1-5-7-18-15-12-16(20-9-19-15)22(10-21-12)17-14(24)13(23)11(25-17)6-8-26(2,3)4;1-5-17-14-11-15(19-8-18-14)21(9-20-11)16-13(23)12(22)10(24-16)6-7-25(2,3)4;1-17-10-5-7-18-15-12(10)19-9-20(15)16-14(22)13(21)11(23-16)6-8-24(2,3)4;;;;/h20-22,24-25,28,35-36H,1,4-19,29H2,2-3H3,(H,30,31,32);10-12,14-15,18,24-25H,2,5-9H2,1,3-4H3,(H,19,20,21);9-11,13-14,17,23-24H,2,5-8H2,1,3-4H3,(H,18,19,20);8-10,12-13,16,22-23H,2,5-7H2,1,3-4H3,(H,17,18,19);5,7,9,11,13-14,16,21-22H,2,6,8H2,1,3-4H3,(H,17,18);4*1H4/t22-,24-,25-,28-;12-,14-,15-,18-;11-,13-,14-,17-;10-,12-,13-,16-;11-,13-,14-,16-;;;;/m11111..../s1. The van der Waals surface area contributed by atoms with Crippen molar-refractivity contribution in [2.45, 2.75) is 237 Å². The highest BCUT2D eigenvalue weighted by molar-refractivity contribution is 7.73. The van der Waals surface area contributed by atoms with Gasteiger partial charge in [0.1, 0.15) is 91.9 Å². The first-order valence-corrected chi connectivity index (χ1v) is 65.0. The van der Waals surface area contributed by atoms with Crippen molar-refractivity contribution in [2.24, 2.45) is 5.73 Å². The lowest BCUT2D eigenvalue weighted by molar-refractivity contribution is -0.0353. The highest BCUT2D eigenvalue weighted by Gasteiger charge is 2.50. The molecule has 15 rings (SSSR count). The Kier molecular flexibility index (Phi) is 52.2. The molecular weight excluding hydrogens is 2010 g/mol. The van der Waals surface area contributed by atoms with Crippen molar-refractivity contribution in [3.8, 4) is 0 Å². The topological polar surface area (TPSA) is 586 Å². The van der Waals surface area contributed by atoms with Crippen LogP contribution in [0.2, 0.25) is 0 Å². The van der Waals surface area contributed by atoms with E-state index in [4.69, 9.17) is 53.1 Å². The molecule has 10 aromatic rings. The fourth-order valence-electron chi connectivity index (χ4n) is 16.7. The summed E-state index contributed by atoms with van der Waals surface area (Å²) in [4.78, 5) is 60.6. The van der Waals surface area contributed by atoms with Crippen LogP contribution in [0.4, 0.5) is 29.0 Å². The Morgan fingerprint density at radius 3 is 0.819 bits per heavy atom. The minimum absolute atomic E-state index is 0. The van der Waals surface area contributed by atoms with Crippen molar-refractivity contribution in [3.05, 3.63) is 69.2 Å². The van der Waals surface area contributed by atoms with Gasteiger partial charge in [-0.1, -0.05) is 50.0 Å². The van der Waals surface area contributed by atoms with E-state index in [0.717, 1.165) is 81.7 Å². The fourth-order valence-corrected chi connectivity index (χ4v) is 21.5. The van der Waals surface area contributed by atoms with E-state index in [9.17, 15) is 51.1 Å². The molecule has 10 aromatic heterocycles. The van der Waals surface area contributed by atoms with Gasteiger partial charge in [-0.2, -0.15) is 0 Å². The van der Waals surface area contributed by atoms with Gasteiger partial charge in [-0.25, -0.2) is 69.8 Å². The zero-order chi connectivity index (χ0) is 105. The predicted molar refractivity (Wildman–Crippen MR) is 609 cm³/mol. The molecule has 0 aliphatic carbocycles. The average molecular weight is 2190 g/mol. The number of fused-ring (bicyclic) bond motifs is 5. The lowest BCUT2D eigenvalue weighted by atomic mass is 10.1. The molecular formula is C99H176N25O20P5. The molecule has 0 spiro atoms. The molecule has 5 aliphatic heterocycles. The van der Waals surface area contributed by atoms with Gasteiger partial charge in [-0.3, -0.25) is 22.8 Å². The van der Waals surface area contributed by atoms with Gasteiger partial charge in [0.05, 0.1) is 121 Å². The summed E-state index contributed by atoms with van der Waals surface area (Å²) < 4.78 is 65.8. The second-order valence-electron chi connectivity index (χ2n) is 40.3. The summed E-state index contributed by atoms with van der Waals surface area (Å²) in [5.41, 5.74) is 12.2. The predicted octanol–water partition coefficient (Wildman–Crippen LogP) is 8.61. The number of aromatic nitrogens is 19. The van der Waals surface area contributed by atoms with E-state index in [0.29, 0.717) is 197 Å². The van der Waals surface area contributed by atoms with E-state index in [1.54, 1.807) is 60.7 Å². The molecule has 45 nitrogen and oxygen atoms in total. The molecule has 149 heavy (non-hydrogen) atoms. The molecule has 0 radical (unpaired) electrons. The van der Waals surface area contributed by atoms with Crippen molar-refractivity contribution in [2.75, 3.05) is 230 Å². The van der Waals surface area contributed by atoms with E-state index >= 15 is 0 Å². The summed E-state index contributed by atoms with van der Waals surface area (Å²) in [6.07, 6.45) is 33.2. The van der Waals surface area contributed by atoms with E-state index in [-0.39, 0.29) is 29.7 Å². The smallest absolute Gasteiger partial charge is 0.167 e. The number of hydrogen-bond donors (Lipinski definition) is 16. The van der Waals surface area contributed by atoms with Crippen molar-refractivity contribution < 1.29 is 98.4 Å². The number of aliphatic hydroxyl groups is 10. The van der Waals surface area contributed by atoms with Gasteiger partial charge < -0.3 is 131 Å². The number of ether oxygens (including phenoxy) is 10. The molecule has 0 unspecified atom stereocenters. The Morgan fingerprint density at radius 2 is 0.564 bits per heavy atom. The van der Waals surface area contributed by atoms with Gasteiger partial charge in [0, 0.05) is 52.6 Å². The summed E-state index contributed by atoms with van der Waals surface area (Å²) in [6.45, 7) is 30.5. The van der Waals surface area contributed by atoms with Gasteiger partial charge in [0.25, 0.3) is 0 Å². The second kappa shape index (κ2) is 60.5. The Bertz CT molecular complexity index is 5900. The molecule has 842 valence electrons. The van der Waals surface area contributed by atoms with Gasteiger partial charge in [-0.05, 0) is 175 Å². The molecule has 0 bridgehead atoms. The Labute approximate surface area is 879 Å². The van der Waals surface area contributed by atoms with Crippen LogP contribution in [-0.2, 0) is 47.4 Å². The molecule has 0 aromatic carbocycles. The van der Waals surface area contributed by atoms with E-state index < -0.39 is 157 Å². The number of hydrogen-bond acceptors (Lipinski definition) is 40. The largest absolute Gasteiger partial charge is 0.388 e. The molecule has 5 saturated heterocycles. The molecule has 5 aliphatic rings. The molecule has 17 N–H and O–H groups in total. The van der Waals surface area contributed by atoms with Crippen LogP contribution in [0.3, 0.4) is 0 Å². The maximum absolute atomic E-state index is 10.7. The quantitative estimate of drug-likeness (QED) is 0.0125. The number of nitrogens with one attached hydrogen (secondary N) is 5. The lowest BCUT2D eigenvalue weighted by Crippen LogP contribution is -2.31. The summed E-state index contributed by atoms with van der Waals surface area (Å²) in [7, 11) is 1.82. The van der Waals surface area contributed by atoms with Crippen LogP contribution in [0.25, 0.3) is 55.8 Å². The number of pyridine rings is 1. The molecule has 0 amide bonds. The number of aliphatic hydroxyl groups excluding tert-OH is 10. The van der Waals surface area contributed by atoms with Crippen LogP contribution in [0.5, 0.6) is 0 Å². The van der Waals surface area contributed by atoms with Crippen LogP contribution in [-0.4, -0.2) is 470 Å². The highest BCUT2D eigenvalue weighted by atomic mass is 31.2. The number of nitrogens with two attached hydrogens (primary N) is 1. The van der Waals surface area contributed by atoms with Crippen molar-refractivity contribution in [3.63, 3.8) is 0 Å². The normalized spacial score (nSPS) is 24.3. The van der Waals surface area contributed by atoms with E-state index in [2.05, 4.69) is 208 Å². The highest BCUT2D eigenvalue weighted by Crippen LogP contribution is 2.47. The number of nitrogens with zero attached hydrogens (tertiary/aromatic N) is 19. The lowest BCUT2D eigenvalue weighted by Gasteiger charge is -2.18. The van der Waals surface area contributed by atoms with Crippen LogP contribution in [0.1, 0.15) is 146 Å². The average Bonchev–Trinajstić information content (AvgIpc) is 1.64. The molecule has 5 fully saturated rings. The molecule has 0 saturated carbocycles. The van der Waals surface area contributed by atoms with Gasteiger partial charge in [-0.15, -0.1) is 65.9 Å².